The van der Waals surface area contributed by atoms with Gasteiger partial charge in [-0.25, -0.2) is 0 Å². The molecule has 0 saturated heterocycles. The van der Waals surface area contributed by atoms with E-state index in [1.165, 1.54) is 22.9 Å². The molecule has 6 nitrogen and oxygen atoms in total. The van der Waals surface area contributed by atoms with Crippen molar-refractivity contribution < 1.29 is 9.53 Å². The molecule has 0 saturated carbocycles. The average molecular weight is 473 g/mol. The fraction of sp³-hybridized carbons (Fsp3) is 0.222. The van der Waals surface area contributed by atoms with Gasteiger partial charge in [0, 0.05) is 16.9 Å². The molecule has 0 aliphatic carbocycles. The maximum atomic E-state index is 12.7. The van der Waals surface area contributed by atoms with Crippen molar-refractivity contribution in [3.05, 3.63) is 83.4 Å². The molecular weight excluding hydrogens is 444 g/mol. The maximum Gasteiger partial charge on any atom is 0.234 e. The van der Waals surface area contributed by atoms with Gasteiger partial charge in [-0.2, -0.15) is 0 Å². The van der Waals surface area contributed by atoms with Gasteiger partial charge in [-0.1, -0.05) is 47.7 Å². The van der Waals surface area contributed by atoms with E-state index >= 15 is 0 Å². The molecule has 1 aromatic heterocycles. The van der Waals surface area contributed by atoms with E-state index in [9.17, 15) is 4.79 Å². The molecule has 4 rings (SSSR count). The number of carbonyl (C=O) groups is 1. The molecule has 0 radical (unpaired) electrons. The summed E-state index contributed by atoms with van der Waals surface area (Å²) >= 11 is 1.36. The molecule has 0 spiro atoms. The SMILES string of the molecule is CCOc1ccc(-n2c(SCC(=O)Nc3ccc(C)c(C)c3)nnc2-c2ccc(C)cc2)cc1. The minimum atomic E-state index is -0.0913. The second-order valence-electron chi connectivity index (χ2n) is 8.07. The Morgan fingerprint density at radius 2 is 1.68 bits per heavy atom. The van der Waals surface area contributed by atoms with Crippen LogP contribution in [0.3, 0.4) is 0 Å². The quantitative estimate of drug-likeness (QED) is 0.319. The van der Waals surface area contributed by atoms with Gasteiger partial charge < -0.3 is 10.1 Å². The smallest absolute Gasteiger partial charge is 0.234 e. The molecule has 34 heavy (non-hydrogen) atoms. The van der Waals surface area contributed by atoms with Crippen LogP contribution in [0.1, 0.15) is 23.6 Å². The first kappa shape index (κ1) is 23.6. The van der Waals surface area contributed by atoms with Crippen molar-refractivity contribution in [2.24, 2.45) is 0 Å². The maximum absolute atomic E-state index is 12.7. The number of nitrogens with zero attached hydrogens (tertiary/aromatic N) is 3. The van der Waals surface area contributed by atoms with E-state index in [-0.39, 0.29) is 11.7 Å². The third-order valence-electron chi connectivity index (χ3n) is 5.47. The van der Waals surface area contributed by atoms with Crippen LogP contribution in [0.4, 0.5) is 5.69 Å². The Kier molecular flexibility index (Phi) is 7.33. The minimum Gasteiger partial charge on any atom is -0.494 e. The molecule has 0 bridgehead atoms. The summed E-state index contributed by atoms with van der Waals surface area (Å²) in [5.41, 5.74) is 6.16. The van der Waals surface area contributed by atoms with Crippen molar-refractivity contribution in [1.29, 1.82) is 0 Å². The van der Waals surface area contributed by atoms with Crippen LogP contribution in [-0.4, -0.2) is 33.0 Å². The monoisotopic (exact) mass is 472 g/mol. The van der Waals surface area contributed by atoms with Gasteiger partial charge in [-0.15, -0.1) is 10.2 Å². The lowest BCUT2D eigenvalue weighted by Gasteiger charge is -2.12. The molecule has 0 fully saturated rings. The molecule has 0 atom stereocenters. The highest BCUT2D eigenvalue weighted by molar-refractivity contribution is 7.99. The first-order valence-corrected chi connectivity index (χ1v) is 12.2. The summed E-state index contributed by atoms with van der Waals surface area (Å²) in [5, 5.41) is 12.5. The van der Waals surface area contributed by atoms with Crippen LogP contribution in [0.15, 0.2) is 71.9 Å². The van der Waals surface area contributed by atoms with Crippen molar-refractivity contribution in [2.75, 3.05) is 17.7 Å². The summed E-state index contributed by atoms with van der Waals surface area (Å²) < 4.78 is 7.57. The van der Waals surface area contributed by atoms with Crippen molar-refractivity contribution in [3.63, 3.8) is 0 Å². The number of anilines is 1. The molecule has 3 aromatic carbocycles. The number of hydrogen-bond acceptors (Lipinski definition) is 5. The lowest BCUT2D eigenvalue weighted by molar-refractivity contribution is -0.113. The summed E-state index contributed by atoms with van der Waals surface area (Å²) in [6.07, 6.45) is 0. The van der Waals surface area contributed by atoms with Gasteiger partial charge in [0.05, 0.1) is 12.4 Å². The zero-order valence-corrected chi connectivity index (χ0v) is 20.6. The topological polar surface area (TPSA) is 69.0 Å². The van der Waals surface area contributed by atoms with Crippen molar-refractivity contribution in [1.82, 2.24) is 14.8 Å². The molecule has 4 aromatic rings. The molecule has 7 heteroatoms. The number of aromatic nitrogens is 3. The number of ether oxygens (including phenoxy) is 1. The molecule has 0 aliphatic rings. The number of thioether (sulfide) groups is 1. The Balaban J connectivity index is 1.59. The van der Waals surface area contributed by atoms with Gasteiger partial charge >= 0.3 is 0 Å². The highest BCUT2D eigenvalue weighted by Crippen LogP contribution is 2.29. The number of hydrogen-bond donors (Lipinski definition) is 1. The van der Waals surface area contributed by atoms with E-state index in [2.05, 4.69) is 41.5 Å². The predicted molar refractivity (Wildman–Crippen MR) is 138 cm³/mol. The van der Waals surface area contributed by atoms with Crippen LogP contribution in [0, 0.1) is 20.8 Å². The van der Waals surface area contributed by atoms with Crippen LogP contribution in [-0.2, 0) is 4.79 Å². The Bertz CT molecular complexity index is 1280. The van der Waals surface area contributed by atoms with E-state index in [4.69, 9.17) is 4.74 Å². The summed E-state index contributed by atoms with van der Waals surface area (Å²) in [6, 6.07) is 21.9. The average Bonchev–Trinajstić information content (AvgIpc) is 3.25. The second-order valence-corrected chi connectivity index (χ2v) is 9.01. The largest absolute Gasteiger partial charge is 0.494 e. The van der Waals surface area contributed by atoms with Gasteiger partial charge in [-0.05, 0) is 75.2 Å². The fourth-order valence-corrected chi connectivity index (χ4v) is 4.24. The number of aryl methyl sites for hydroxylation is 3. The van der Waals surface area contributed by atoms with E-state index in [1.54, 1.807) is 0 Å². The van der Waals surface area contributed by atoms with E-state index in [1.807, 2.05) is 73.0 Å². The molecule has 174 valence electrons. The lowest BCUT2D eigenvalue weighted by Crippen LogP contribution is -2.14. The predicted octanol–water partition coefficient (Wildman–Crippen LogP) is 5.99. The molecule has 0 unspecified atom stereocenters. The summed E-state index contributed by atoms with van der Waals surface area (Å²) in [7, 11) is 0. The molecule has 1 amide bonds. The summed E-state index contributed by atoms with van der Waals surface area (Å²) in [4.78, 5) is 12.7. The van der Waals surface area contributed by atoms with Crippen LogP contribution >= 0.6 is 11.8 Å². The minimum absolute atomic E-state index is 0.0913. The lowest BCUT2D eigenvalue weighted by atomic mass is 10.1. The third kappa shape index (κ3) is 5.48. The molecule has 1 N–H and O–H groups in total. The normalized spacial score (nSPS) is 10.8. The van der Waals surface area contributed by atoms with Gasteiger partial charge in [0.25, 0.3) is 0 Å². The van der Waals surface area contributed by atoms with Crippen LogP contribution in [0.2, 0.25) is 0 Å². The van der Waals surface area contributed by atoms with Crippen molar-refractivity contribution >= 4 is 23.4 Å². The fourth-order valence-electron chi connectivity index (χ4n) is 3.49. The van der Waals surface area contributed by atoms with Gasteiger partial charge in [0.1, 0.15) is 5.75 Å². The molecule has 0 aliphatic heterocycles. The number of benzene rings is 3. The highest BCUT2D eigenvalue weighted by atomic mass is 32.2. The third-order valence-corrected chi connectivity index (χ3v) is 6.40. The highest BCUT2D eigenvalue weighted by Gasteiger charge is 2.17. The van der Waals surface area contributed by atoms with Crippen molar-refractivity contribution in [3.8, 4) is 22.8 Å². The van der Waals surface area contributed by atoms with Crippen LogP contribution in [0.25, 0.3) is 17.1 Å². The number of carbonyl (C=O) groups excluding carboxylic acids is 1. The molecular formula is C27H28N4O2S. The van der Waals surface area contributed by atoms with Crippen LogP contribution < -0.4 is 10.1 Å². The number of nitrogens with one attached hydrogen (secondary N) is 1. The number of amides is 1. The second kappa shape index (κ2) is 10.6. The van der Waals surface area contributed by atoms with Crippen molar-refractivity contribution in [2.45, 2.75) is 32.9 Å². The van der Waals surface area contributed by atoms with Gasteiger partial charge in [0.2, 0.25) is 5.91 Å². The number of rotatable bonds is 8. The summed E-state index contributed by atoms with van der Waals surface area (Å²) in [6.45, 7) is 8.70. The summed E-state index contributed by atoms with van der Waals surface area (Å²) in [5.74, 6) is 1.65. The Morgan fingerprint density at radius 3 is 2.35 bits per heavy atom. The van der Waals surface area contributed by atoms with Gasteiger partial charge in [0.15, 0.2) is 11.0 Å². The first-order chi connectivity index (χ1) is 16.4. The zero-order chi connectivity index (χ0) is 24.1. The Morgan fingerprint density at radius 1 is 0.941 bits per heavy atom. The van der Waals surface area contributed by atoms with Gasteiger partial charge in [-0.3, -0.25) is 9.36 Å². The Labute approximate surface area is 204 Å². The first-order valence-electron chi connectivity index (χ1n) is 11.2. The van der Waals surface area contributed by atoms with Crippen LogP contribution in [0.5, 0.6) is 5.75 Å². The van der Waals surface area contributed by atoms with E-state index in [0.717, 1.165) is 34.1 Å². The standard InChI is InChI=1S/C27H28N4O2S/c1-5-33-24-14-12-23(13-15-24)31-26(21-9-6-18(2)7-10-21)29-30-27(31)34-17-25(32)28-22-11-8-19(3)20(4)16-22/h6-16H,5,17H2,1-4H3,(H,28,32). The van der Waals surface area contributed by atoms with E-state index in [0.29, 0.717) is 11.8 Å². The zero-order valence-electron chi connectivity index (χ0n) is 19.8. The Hall–Kier alpha value is -3.58. The molecule has 1 heterocycles. The van der Waals surface area contributed by atoms with E-state index < -0.39 is 0 Å².